The lowest BCUT2D eigenvalue weighted by Crippen LogP contribution is -2.46. The molecule has 3 aromatic rings. The number of phenols is 1. The first-order chi connectivity index (χ1) is 22.2. The zero-order valence-electron chi connectivity index (χ0n) is 25.4. The van der Waals surface area contributed by atoms with Crippen molar-refractivity contribution in [1.82, 2.24) is 4.98 Å². The van der Waals surface area contributed by atoms with E-state index in [0.717, 1.165) is 39.7 Å². The van der Waals surface area contributed by atoms with Gasteiger partial charge in [-0.05, 0) is 103 Å². The quantitative estimate of drug-likeness (QED) is 0.148. The van der Waals surface area contributed by atoms with Gasteiger partial charge < -0.3 is 24.8 Å². The number of allylic oxidation sites excluding steroid dienone is 2. The van der Waals surface area contributed by atoms with Crippen LogP contribution in [0.1, 0.15) is 50.3 Å². The van der Waals surface area contributed by atoms with Gasteiger partial charge in [-0.2, -0.15) is 0 Å². The number of hydrogen-bond donors (Lipinski definition) is 4. The summed E-state index contributed by atoms with van der Waals surface area (Å²) >= 11 is 3.48. The maximum Gasteiger partial charge on any atom is 0.488 e. The Balaban J connectivity index is 1.33. The van der Waals surface area contributed by atoms with E-state index in [9.17, 15) is 29.8 Å². The summed E-state index contributed by atoms with van der Waals surface area (Å²) in [5, 5.41) is 41.0. The number of rotatable bonds is 9. The number of anilines is 1. The number of halogens is 1. The van der Waals surface area contributed by atoms with Crippen LogP contribution >= 0.6 is 15.9 Å². The first-order valence-electron chi connectivity index (χ1n) is 15.7. The zero-order chi connectivity index (χ0) is 32.5. The van der Waals surface area contributed by atoms with Crippen molar-refractivity contribution in [3.05, 3.63) is 93.7 Å². The molecule has 9 nitrogen and oxygen atoms in total. The highest BCUT2D eigenvalue weighted by molar-refractivity contribution is 9.10. The number of nitrogens with zero attached hydrogens (tertiary/aromatic N) is 2. The minimum Gasteiger partial charge on any atom is -0.507 e. The molecule has 3 heterocycles. The molecular weight excluding hydrogens is 650 g/mol. The largest absolute Gasteiger partial charge is 0.507 e. The van der Waals surface area contributed by atoms with Crippen LogP contribution < -0.4 is 10.4 Å². The van der Waals surface area contributed by atoms with Crippen molar-refractivity contribution in [1.29, 1.82) is 0 Å². The standard InChI is InChI=1S/C34H35B2BrN2O7/c1-2-6-21-17-26-32(34(42)39(33(26)41)25-8-5-7-23(18-25)36(44)45)27-19-35(43)46-30(31(21)27)13-10-20(28-9-3-4-14-38-28)15-22-16-24(37)11-12-29(22)40/h3-5,7-9,11-12,14-16,18,26-27,30,32,40,43-45H,2,6,10,13,17,19H2,1H3/b20-15-/t26-,27+,30-,32-/m1/s1. The van der Waals surface area contributed by atoms with Crippen LogP contribution in [0.5, 0.6) is 5.75 Å². The van der Waals surface area contributed by atoms with Crippen LogP contribution in [-0.2, 0) is 14.2 Å². The Hall–Kier alpha value is -3.54. The molecule has 1 aliphatic carbocycles. The molecule has 4 N–H and O–H groups in total. The fraction of sp³-hybridized carbons (Fsp3) is 0.324. The molecule has 46 heavy (non-hydrogen) atoms. The molecule has 0 unspecified atom stereocenters. The van der Waals surface area contributed by atoms with Gasteiger partial charge in [0.2, 0.25) is 11.8 Å². The van der Waals surface area contributed by atoms with Gasteiger partial charge in [0.25, 0.3) is 0 Å². The van der Waals surface area contributed by atoms with E-state index in [4.69, 9.17) is 4.65 Å². The third-order valence-electron chi connectivity index (χ3n) is 9.28. The fourth-order valence-electron chi connectivity index (χ4n) is 7.32. The number of phenolic OH excluding ortho intramolecular Hbond substituents is 1. The Morgan fingerprint density at radius 2 is 1.93 bits per heavy atom. The maximum atomic E-state index is 14.1. The summed E-state index contributed by atoms with van der Waals surface area (Å²) in [6.45, 7) is 2.08. The van der Waals surface area contributed by atoms with Crippen molar-refractivity contribution >= 4 is 64.8 Å². The molecule has 6 rings (SSSR count). The van der Waals surface area contributed by atoms with Crippen molar-refractivity contribution in [2.24, 2.45) is 17.8 Å². The number of amides is 2. The predicted octanol–water partition coefficient (Wildman–Crippen LogP) is 4.35. The number of carbonyl (C=O) groups is 2. The lowest BCUT2D eigenvalue weighted by atomic mass is 9.58. The molecule has 2 aromatic carbocycles. The average Bonchev–Trinajstić information content (AvgIpc) is 3.30. The van der Waals surface area contributed by atoms with Crippen LogP contribution in [0.2, 0.25) is 6.32 Å². The summed E-state index contributed by atoms with van der Waals surface area (Å²) in [7, 11) is -2.84. The lowest BCUT2D eigenvalue weighted by Gasteiger charge is -2.43. The van der Waals surface area contributed by atoms with E-state index in [1.54, 1.807) is 30.5 Å². The van der Waals surface area contributed by atoms with Crippen molar-refractivity contribution < 1.29 is 34.4 Å². The van der Waals surface area contributed by atoms with Gasteiger partial charge in [-0.15, -0.1) is 0 Å². The summed E-state index contributed by atoms with van der Waals surface area (Å²) in [5.41, 5.74) is 4.86. The smallest absolute Gasteiger partial charge is 0.488 e. The molecule has 0 bridgehead atoms. The van der Waals surface area contributed by atoms with Crippen molar-refractivity contribution in [3.63, 3.8) is 0 Å². The molecule has 12 heteroatoms. The summed E-state index contributed by atoms with van der Waals surface area (Å²) in [6.07, 6.45) is 6.38. The van der Waals surface area contributed by atoms with Crippen LogP contribution in [0.4, 0.5) is 5.69 Å². The van der Waals surface area contributed by atoms with Gasteiger partial charge in [0.05, 0.1) is 29.3 Å². The number of carbonyl (C=O) groups excluding carboxylic acids is 2. The third kappa shape index (κ3) is 6.37. The first-order valence-corrected chi connectivity index (χ1v) is 16.4. The van der Waals surface area contributed by atoms with Crippen molar-refractivity contribution in [2.45, 2.75) is 51.5 Å². The molecule has 236 valence electrons. The Bertz CT molecular complexity index is 1700. The van der Waals surface area contributed by atoms with Crippen molar-refractivity contribution in [3.8, 4) is 5.75 Å². The normalized spacial score (nSPS) is 23.1. The van der Waals surface area contributed by atoms with Crippen LogP contribution in [0.3, 0.4) is 0 Å². The number of imide groups is 1. The SMILES string of the molecule is CCCC1=C2[C@@H](CC/C(=C/c3cc(Br)ccc3O)c3ccccn3)OB(O)C[C@@H]2[C@@H]2C(=O)N(c3cccc(B(O)O)c3)C(=O)[C@@H]2C1. The van der Waals surface area contributed by atoms with E-state index >= 15 is 0 Å². The highest BCUT2D eigenvalue weighted by atomic mass is 79.9. The number of aromatic nitrogens is 1. The third-order valence-corrected chi connectivity index (χ3v) is 9.77. The fourth-order valence-corrected chi connectivity index (χ4v) is 7.70. The molecule has 0 spiro atoms. The van der Waals surface area contributed by atoms with E-state index in [1.165, 1.54) is 17.0 Å². The minimum absolute atomic E-state index is 0.139. The number of hydrogen-bond acceptors (Lipinski definition) is 8. The van der Waals surface area contributed by atoms with Gasteiger partial charge in [0, 0.05) is 16.2 Å². The van der Waals surface area contributed by atoms with Crippen LogP contribution in [0.25, 0.3) is 11.6 Å². The maximum absolute atomic E-state index is 14.1. The van der Waals surface area contributed by atoms with Gasteiger partial charge in [0.1, 0.15) is 5.75 Å². The highest BCUT2D eigenvalue weighted by Crippen LogP contribution is 2.52. The molecular formula is C34H35B2BrN2O7. The molecule has 4 atom stereocenters. The monoisotopic (exact) mass is 684 g/mol. The summed E-state index contributed by atoms with van der Waals surface area (Å²) in [6, 6.07) is 17.1. The van der Waals surface area contributed by atoms with Gasteiger partial charge in [-0.1, -0.05) is 53.0 Å². The predicted molar refractivity (Wildman–Crippen MR) is 181 cm³/mol. The topological polar surface area (TPSA) is 140 Å². The second kappa shape index (κ2) is 13.7. The van der Waals surface area contributed by atoms with E-state index in [0.29, 0.717) is 30.5 Å². The van der Waals surface area contributed by atoms with E-state index in [2.05, 4.69) is 27.8 Å². The van der Waals surface area contributed by atoms with Gasteiger partial charge in [0.15, 0.2) is 0 Å². The molecule has 3 aliphatic rings. The molecule has 0 radical (unpaired) electrons. The van der Waals surface area contributed by atoms with Crippen LogP contribution in [0.15, 0.2) is 82.5 Å². The van der Waals surface area contributed by atoms with Gasteiger partial charge >= 0.3 is 14.2 Å². The number of aromatic hydroxyl groups is 1. The second-order valence-electron chi connectivity index (χ2n) is 12.2. The minimum atomic E-state index is -1.73. The Labute approximate surface area is 277 Å². The number of benzene rings is 2. The van der Waals surface area contributed by atoms with Gasteiger partial charge in [-0.25, -0.2) is 0 Å². The average molecular weight is 685 g/mol. The van der Waals surface area contributed by atoms with E-state index < -0.39 is 32.2 Å². The lowest BCUT2D eigenvalue weighted by molar-refractivity contribution is -0.122. The van der Waals surface area contributed by atoms with Gasteiger partial charge in [-0.3, -0.25) is 19.5 Å². The Morgan fingerprint density at radius 1 is 1.11 bits per heavy atom. The molecule has 2 amide bonds. The van der Waals surface area contributed by atoms with Crippen molar-refractivity contribution in [2.75, 3.05) is 4.90 Å². The second-order valence-corrected chi connectivity index (χ2v) is 13.1. The Morgan fingerprint density at radius 3 is 2.67 bits per heavy atom. The van der Waals surface area contributed by atoms with E-state index in [1.807, 2.05) is 30.3 Å². The molecule has 0 saturated carbocycles. The molecule has 1 aromatic heterocycles. The molecule has 2 fully saturated rings. The first kappa shape index (κ1) is 32.4. The highest BCUT2D eigenvalue weighted by Gasteiger charge is 2.57. The summed E-state index contributed by atoms with van der Waals surface area (Å²) in [5.74, 6) is -2.11. The van der Waals surface area contributed by atoms with E-state index in [-0.39, 0.29) is 35.3 Å². The van der Waals surface area contributed by atoms with Crippen LogP contribution in [-0.4, -0.2) is 57.3 Å². The summed E-state index contributed by atoms with van der Waals surface area (Å²) in [4.78, 5) is 33.7. The zero-order valence-corrected chi connectivity index (χ0v) is 27.0. The number of fused-ring (bicyclic) bond motifs is 3. The van der Waals surface area contributed by atoms with Crippen LogP contribution in [0, 0.1) is 17.8 Å². The summed E-state index contributed by atoms with van der Waals surface area (Å²) < 4.78 is 7.03. The Kier molecular flexibility index (Phi) is 9.63. The molecule has 2 saturated heterocycles. The molecule has 2 aliphatic heterocycles. The number of pyridine rings is 1.